The molecule has 0 unspecified atom stereocenters. The van der Waals surface area contributed by atoms with E-state index < -0.39 is 0 Å². The maximum Gasteiger partial charge on any atom is 0.166 e. The van der Waals surface area contributed by atoms with Gasteiger partial charge in [-0.3, -0.25) is 0 Å². The van der Waals surface area contributed by atoms with Crippen LogP contribution < -0.4 is 0 Å². The number of rotatable bonds is 0. The third-order valence-corrected chi connectivity index (χ3v) is 2.02. The minimum Gasteiger partial charge on any atom is -0.236 e. The Morgan fingerprint density at radius 1 is 1.07 bits per heavy atom. The van der Waals surface area contributed by atoms with Gasteiger partial charge in [-0.2, -0.15) is 5.10 Å². The lowest BCUT2D eigenvalue weighted by atomic mass is 10.2. The average molecular weight is 207 g/mol. The zero-order valence-electron chi connectivity index (χ0n) is 7.16. The van der Waals surface area contributed by atoms with E-state index in [1.165, 1.54) is 6.33 Å². The number of benzene rings is 1. The van der Waals surface area contributed by atoms with Crippen molar-refractivity contribution in [3.05, 3.63) is 36.9 Å². The van der Waals surface area contributed by atoms with Crippen molar-refractivity contribution >= 4 is 29.0 Å². The molecule has 3 aromatic rings. The first-order chi connectivity index (χ1) is 6.45. The largest absolute Gasteiger partial charge is 0.236 e. The van der Waals surface area contributed by atoms with Gasteiger partial charge in [0.25, 0.3) is 0 Å². The maximum absolute atomic E-state index is 4.24. The minimum absolute atomic E-state index is 0. The molecule has 0 fully saturated rings. The molecule has 5 heteroatoms. The maximum atomic E-state index is 4.24. The van der Waals surface area contributed by atoms with Crippen LogP contribution in [0.5, 0.6) is 0 Å². The zero-order valence-corrected chi connectivity index (χ0v) is 7.98. The summed E-state index contributed by atoms with van der Waals surface area (Å²) in [4.78, 5) is 8.40. The van der Waals surface area contributed by atoms with Gasteiger partial charge in [-0.05, 0) is 12.1 Å². The summed E-state index contributed by atoms with van der Waals surface area (Å²) in [6.07, 6.45) is 3.20. The molecule has 0 aliphatic rings. The molecule has 0 atom stereocenters. The fraction of sp³-hybridized carbons (Fsp3) is 0. The Morgan fingerprint density at radius 3 is 2.86 bits per heavy atom. The molecule has 2 aromatic heterocycles. The van der Waals surface area contributed by atoms with Crippen LogP contribution in [0.25, 0.3) is 16.6 Å². The fourth-order valence-electron chi connectivity index (χ4n) is 1.42. The van der Waals surface area contributed by atoms with Gasteiger partial charge in [0, 0.05) is 5.39 Å². The molecule has 70 valence electrons. The average Bonchev–Trinajstić information content (AvgIpc) is 2.65. The van der Waals surface area contributed by atoms with Crippen LogP contribution in [0.15, 0.2) is 36.9 Å². The summed E-state index contributed by atoms with van der Waals surface area (Å²) in [5, 5.41) is 5.04. The summed E-state index contributed by atoms with van der Waals surface area (Å²) in [5.41, 5.74) is 1.80. The molecule has 4 nitrogen and oxygen atoms in total. The Balaban J connectivity index is 0.000000750. The van der Waals surface area contributed by atoms with Crippen LogP contribution in [-0.2, 0) is 0 Å². The van der Waals surface area contributed by atoms with E-state index in [9.17, 15) is 0 Å². The highest BCUT2D eigenvalue weighted by atomic mass is 35.5. The van der Waals surface area contributed by atoms with E-state index in [0.717, 1.165) is 16.6 Å². The molecule has 0 saturated heterocycles. The van der Waals surface area contributed by atoms with Crippen LogP contribution in [0.4, 0.5) is 0 Å². The number of fused-ring (bicyclic) bond motifs is 3. The molecule has 0 aliphatic carbocycles. The summed E-state index contributed by atoms with van der Waals surface area (Å²) in [7, 11) is 0. The molecule has 0 aliphatic heterocycles. The van der Waals surface area contributed by atoms with Crippen LogP contribution in [0, 0.1) is 0 Å². The molecule has 0 spiro atoms. The number of nitrogens with zero attached hydrogens (tertiary/aromatic N) is 4. The van der Waals surface area contributed by atoms with Gasteiger partial charge < -0.3 is 0 Å². The van der Waals surface area contributed by atoms with Crippen LogP contribution in [0.1, 0.15) is 0 Å². The zero-order chi connectivity index (χ0) is 8.67. The molecule has 0 N–H and O–H groups in total. The Kier molecular flexibility index (Phi) is 2.05. The van der Waals surface area contributed by atoms with Gasteiger partial charge in [0.1, 0.15) is 12.7 Å². The van der Waals surface area contributed by atoms with E-state index in [0.29, 0.717) is 0 Å². The molecule has 0 radical (unpaired) electrons. The number of para-hydroxylation sites is 1. The predicted octanol–water partition coefficient (Wildman–Crippen LogP) is 1.70. The molecule has 0 bridgehead atoms. The second-order valence-electron chi connectivity index (χ2n) is 2.79. The Morgan fingerprint density at radius 2 is 1.93 bits per heavy atom. The van der Waals surface area contributed by atoms with Crippen molar-refractivity contribution in [3.8, 4) is 0 Å². The van der Waals surface area contributed by atoms with Crippen molar-refractivity contribution in [1.29, 1.82) is 0 Å². The fourth-order valence-corrected chi connectivity index (χ4v) is 1.42. The van der Waals surface area contributed by atoms with E-state index in [-0.39, 0.29) is 12.4 Å². The summed E-state index contributed by atoms with van der Waals surface area (Å²) in [6.45, 7) is 0. The van der Waals surface area contributed by atoms with Gasteiger partial charge in [0.05, 0.1) is 5.52 Å². The molecule has 3 rings (SSSR count). The molecule has 14 heavy (non-hydrogen) atoms. The Labute approximate surface area is 86.0 Å². The Bertz CT molecular complexity index is 575. The topological polar surface area (TPSA) is 43.1 Å². The van der Waals surface area contributed by atoms with Crippen LogP contribution in [0.2, 0.25) is 0 Å². The van der Waals surface area contributed by atoms with Gasteiger partial charge in [-0.1, -0.05) is 12.1 Å². The minimum atomic E-state index is 0. The Hall–Kier alpha value is -1.68. The number of aromatic nitrogens is 4. The monoisotopic (exact) mass is 206 g/mol. The summed E-state index contributed by atoms with van der Waals surface area (Å²) < 4.78 is 1.67. The second-order valence-corrected chi connectivity index (χ2v) is 2.79. The first-order valence-corrected chi connectivity index (χ1v) is 3.98. The SMILES string of the molecule is Cl.c1ccc2c(c1)ncn1ncnc21. The predicted molar refractivity (Wildman–Crippen MR) is 55.5 cm³/mol. The smallest absolute Gasteiger partial charge is 0.166 e. The van der Waals surface area contributed by atoms with E-state index >= 15 is 0 Å². The highest BCUT2D eigenvalue weighted by Gasteiger charge is 2.00. The number of hydrogen-bond acceptors (Lipinski definition) is 3. The summed E-state index contributed by atoms with van der Waals surface area (Å²) in [6, 6.07) is 7.89. The lowest BCUT2D eigenvalue weighted by Crippen LogP contribution is -1.90. The van der Waals surface area contributed by atoms with Crippen molar-refractivity contribution in [2.24, 2.45) is 0 Å². The summed E-state index contributed by atoms with van der Waals surface area (Å²) in [5.74, 6) is 0. The second kappa shape index (κ2) is 3.23. The molecule has 0 saturated carbocycles. The summed E-state index contributed by atoms with van der Waals surface area (Å²) >= 11 is 0. The molecular weight excluding hydrogens is 200 g/mol. The van der Waals surface area contributed by atoms with E-state index in [1.807, 2.05) is 24.3 Å². The van der Waals surface area contributed by atoms with Crippen molar-refractivity contribution in [1.82, 2.24) is 19.6 Å². The van der Waals surface area contributed by atoms with Gasteiger partial charge in [0.15, 0.2) is 5.65 Å². The van der Waals surface area contributed by atoms with E-state index in [1.54, 1.807) is 10.8 Å². The highest BCUT2D eigenvalue weighted by molar-refractivity contribution is 5.90. The van der Waals surface area contributed by atoms with Crippen LogP contribution in [0.3, 0.4) is 0 Å². The number of hydrogen-bond donors (Lipinski definition) is 0. The van der Waals surface area contributed by atoms with Crippen molar-refractivity contribution in [2.75, 3.05) is 0 Å². The third kappa shape index (κ3) is 1.12. The third-order valence-electron chi connectivity index (χ3n) is 2.02. The molecule has 1 aromatic carbocycles. The lowest BCUT2D eigenvalue weighted by Gasteiger charge is -1.96. The van der Waals surface area contributed by atoms with E-state index in [4.69, 9.17) is 0 Å². The molecule has 2 heterocycles. The van der Waals surface area contributed by atoms with Crippen molar-refractivity contribution < 1.29 is 0 Å². The number of halogens is 1. The van der Waals surface area contributed by atoms with Gasteiger partial charge in [-0.15, -0.1) is 12.4 Å². The molecular formula is C9H7ClN4. The standard InChI is InChI=1S/C9H6N4.ClH/c1-2-4-8-7(3-1)9-10-5-12-13(9)6-11-8;/h1-6H;1H. The highest BCUT2D eigenvalue weighted by Crippen LogP contribution is 2.14. The first-order valence-electron chi connectivity index (χ1n) is 3.98. The van der Waals surface area contributed by atoms with Gasteiger partial charge in [0.2, 0.25) is 0 Å². The van der Waals surface area contributed by atoms with E-state index in [2.05, 4.69) is 15.1 Å². The van der Waals surface area contributed by atoms with Crippen LogP contribution >= 0.6 is 12.4 Å². The normalized spacial score (nSPS) is 10.3. The first kappa shape index (κ1) is 8.90. The van der Waals surface area contributed by atoms with Crippen LogP contribution in [-0.4, -0.2) is 19.6 Å². The quantitative estimate of drug-likeness (QED) is 0.562. The van der Waals surface area contributed by atoms with Crippen molar-refractivity contribution in [2.45, 2.75) is 0 Å². The van der Waals surface area contributed by atoms with Gasteiger partial charge in [-0.25, -0.2) is 14.5 Å². The van der Waals surface area contributed by atoms with Gasteiger partial charge >= 0.3 is 0 Å². The lowest BCUT2D eigenvalue weighted by molar-refractivity contribution is 0.934. The van der Waals surface area contributed by atoms with Crippen molar-refractivity contribution in [3.63, 3.8) is 0 Å². The molecule has 0 amide bonds.